The van der Waals surface area contributed by atoms with Crippen molar-refractivity contribution in [3.8, 4) is 0 Å². The number of aliphatic hydroxyl groups is 1. The highest BCUT2D eigenvalue weighted by Crippen LogP contribution is 2.18. The molecular weight excluding hydrogens is 310 g/mol. The molecule has 2 aromatic rings. The fourth-order valence-corrected chi connectivity index (χ4v) is 3.58. The summed E-state index contributed by atoms with van der Waals surface area (Å²) in [6, 6.07) is 9.70. The lowest BCUT2D eigenvalue weighted by atomic mass is 10.1. The molecule has 1 fully saturated rings. The first kappa shape index (κ1) is 16.1. The maximum absolute atomic E-state index is 12.5. The molecule has 1 saturated heterocycles. The molecular formula is C17H21N3O2S. The summed E-state index contributed by atoms with van der Waals surface area (Å²) in [6.45, 7) is 5.43. The molecule has 6 heteroatoms. The first-order chi connectivity index (χ1) is 11.1. The molecule has 3 rings (SSSR count). The lowest BCUT2D eigenvalue weighted by molar-refractivity contribution is 0.0530. The molecule has 1 N–H and O–H groups in total. The van der Waals surface area contributed by atoms with Crippen LogP contribution in [0, 0.1) is 6.92 Å². The third-order valence-corrected chi connectivity index (χ3v) is 5.13. The monoisotopic (exact) mass is 331 g/mol. The van der Waals surface area contributed by atoms with Gasteiger partial charge < -0.3 is 10.0 Å². The van der Waals surface area contributed by atoms with Crippen molar-refractivity contribution >= 4 is 17.2 Å². The topological polar surface area (TPSA) is 56.7 Å². The van der Waals surface area contributed by atoms with Gasteiger partial charge in [0.15, 0.2) is 0 Å². The molecule has 0 bridgehead atoms. The number of nitrogens with zero attached hydrogens (tertiary/aromatic N) is 3. The van der Waals surface area contributed by atoms with E-state index in [1.807, 2.05) is 42.2 Å². The van der Waals surface area contributed by atoms with Crippen LogP contribution in [0.15, 0.2) is 35.8 Å². The van der Waals surface area contributed by atoms with Gasteiger partial charge >= 0.3 is 0 Å². The highest BCUT2D eigenvalue weighted by atomic mass is 32.1. The van der Waals surface area contributed by atoms with Crippen LogP contribution >= 0.6 is 11.3 Å². The highest BCUT2D eigenvalue weighted by molar-refractivity contribution is 7.11. The van der Waals surface area contributed by atoms with E-state index in [1.165, 1.54) is 11.3 Å². The van der Waals surface area contributed by atoms with E-state index in [-0.39, 0.29) is 5.91 Å². The number of hydrogen-bond donors (Lipinski definition) is 1. The maximum Gasteiger partial charge on any atom is 0.265 e. The van der Waals surface area contributed by atoms with E-state index in [2.05, 4.69) is 9.88 Å². The van der Waals surface area contributed by atoms with Crippen molar-refractivity contribution in [3.05, 3.63) is 52.0 Å². The minimum atomic E-state index is -0.484. The van der Waals surface area contributed by atoms with Gasteiger partial charge in [-0.2, -0.15) is 0 Å². The van der Waals surface area contributed by atoms with E-state index in [0.717, 1.165) is 29.2 Å². The van der Waals surface area contributed by atoms with Crippen molar-refractivity contribution in [2.45, 2.75) is 13.0 Å². The average molecular weight is 331 g/mol. The van der Waals surface area contributed by atoms with Crippen LogP contribution in [0.4, 0.5) is 0 Å². The number of amides is 1. The van der Waals surface area contributed by atoms with E-state index in [4.69, 9.17) is 0 Å². The number of aliphatic hydroxyl groups excluding tert-OH is 1. The normalized spacial score (nSPS) is 17.2. The van der Waals surface area contributed by atoms with E-state index < -0.39 is 6.10 Å². The molecule has 0 spiro atoms. The predicted molar refractivity (Wildman–Crippen MR) is 90.6 cm³/mol. The van der Waals surface area contributed by atoms with Crippen molar-refractivity contribution in [3.63, 3.8) is 0 Å². The van der Waals surface area contributed by atoms with Crippen molar-refractivity contribution in [1.82, 2.24) is 14.8 Å². The van der Waals surface area contributed by atoms with Gasteiger partial charge in [0.1, 0.15) is 4.88 Å². The standard InChI is InChI=1S/C17H21N3O2S/c1-13-16(23-12-18-13)17(22)20-9-7-19(8-10-20)11-15(21)14-5-3-2-4-6-14/h2-6,12,15,21H,7-11H2,1H3/t15-/m1/s1. The number of benzene rings is 1. The molecule has 2 heterocycles. The van der Waals surface area contributed by atoms with Crippen LogP contribution in [-0.4, -0.2) is 58.5 Å². The number of thiazole rings is 1. The molecule has 0 unspecified atom stereocenters. The zero-order valence-corrected chi connectivity index (χ0v) is 14.0. The quantitative estimate of drug-likeness (QED) is 0.930. The summed E-state index contributed by atoms with van der Waals surface area (Å²) >= 11 is 1.40. The number of carbonyl (C=O) groups is 1. The minimum Gasteiger partial charge on any atom is -0.387 e. The Morgan fingerprint density at radius 1 is 1.26 bits per heavy atom. The van der Waals surface area contributed by atoms with Crippen molar-refractivity contribution < 1.29 is 9.90 Å². The third kappa shape index (κ3) is 3.77. The minimum absolute atomic E-state index is 0.0771. The summed E-state index contributed by atoms with van der Waals surface area (Å²) < 4.78 is 0. The zero-order chi connectivity index (χ0) is 16.2. The highest BCUT2D eigenvalue weighted by Gasteiger charge is 2.25. The zero-order valence-electron chi connectivity index (χ0n) is 13.2. The first-order valence-corrected chi connectivity index (χ1v) is 8.68. The summed E-state index contributed by atoms with van der Waals surface area (Å²) in [5.41, 5.74) is 3.46. The molecule has 1 aliphatic rings. The smallest absolute Gasteiger partial charge is 0.265 e. The Balaban J connectivity index is 1.53. The largest absolute Gasteiger partial charge is 0.387 e. The molecule has 23 heavy (non-hydrogen) atoms. The van der Waals surface area contributed by atoms with Crippen molar-refractivity contribution in [2.75, 3.05) is 32.7 Å². The molecule has 0 aliphatic carbocycles. The number of piperazine rings is 1. The molecule has 0 radical (unpaired) electrons. The number of carbonyl (C=O) groups excluding carboxylic acids is 1. The SMILES string of the molecule is Cc1ncsc1C(=O)N1CCN(C[C@@H](O)c2ccccc2)CC1. The lowest BCUT2D eigenvalue weighted by Gasteiger charge is -2.35. The van der Waals surface area contributed by atoms with Gasteiger partial charge in [-0.25, -0.2) is 4.98 Å². The van der Waals surface area contributed by atoms with Gasteiger partial charge in [0.05, 0.1) is 17.3 Å². The van der Waals surface area contributed by atoms with Gasteiger partial charge in [-0.15, -0.1) is 11.3 Å². The Kier molecular flexibility index (Phi) is 5.05. The van der Waals surface area contributed by atoms with Crippen molar-refractivity contribution in [2.24, 2.45) is 0 Å². The summed E-state index contributed by atoms with van der Waals surface area (Å²) in [5.74, 6) is 0.0771. The fourth-order valence-electron chi connectivity index (χ4n) is 2.81. The lowest BCUT2D eigenvalue weighted by Crippen LogP contribution is -2.49. The number of aryl methyl sites for hydroxylation is 1. The molecule has 0 saturated carbocycles. The summed E-state index contributed by atoms with van der Waals surface area (Å²) in [6.07, 6.45) is -0.484. The summed E-state index contributed by atoms with van der Waals surface area (Å²) in [5, 5.41) is 10.3. The molecule has 122 valence electrons. The van der Waals surface area contributed by atoms with Crippen LogP contribution in [0.1, 0.15) is 27.0 Å². The molecule has 1 aromatic carbocycles. The van der Waals surface area contributed by atoms with E-state index >= 15 is 0 Å². The predicted octanol–water partition coefficient (Wildman–Crippen LogP) is 1.94. The van der Waals surface area contributed by atoms with Crippen LogP contribution in [0.3, 0.4) is 0 Å². The van der Waals surface area contributed by atoms with Crippen LogP contribution in [0.5, 0.6) is 0 Å². The van der Waals surface area contributed by atoms with Gasteiger partial charge in [0.25, 0.3) is 5.91 Å². The molecule has 5 nitrogen and oxygen atoms in total. The second kappa shape index (κ2) is 7.21. The number of hydrogen-bond acceptors (Lipinski definition) is 5. The number of β-amino-alcohol motifs (C(OH)–C–C–N with tert-alkyl or cyclic N) is 1. The van der Waals surface area contributed by atoms with Crippen LogP contribution in [-0.2, 0) is 0 Å². The van der Waals surface area contributed by atoms with Gasteiger partial charge in [-0.1, -0.05) is 30.3 Å². The van der Waals surface area contributed by atoms with Crippen LogP contribution in [0.2, 0.25) is 0 Å². The van der Waals surface area contributed by atoms with Gasteiger partial charge in [-0.3, -0.25) is 9.69 Å². The van der Waals surface area contributed by atoms with Gasteiger partial charge in [0, 0.05) is 32.7 Å². The Labute approximate surface area is 140 Å². The Morgan fingerprint density at radius 3 is 2.57 bits per heavy atom. The Hall–Kier alpha value is -1.76. The Bertz CT molecular complexity index is 651. The van der Waals surface area contributed by atoms with Gasteiger partial charge in [0.2, 0.25) is 0 Å². The number of aromatic nitrogens is 1. The van der Waals surface area contributed by atoms with Gasteiger partial charge in [-0.05, 0) is 12.5 Å². The second-order valence-electron chi connectivity index (χ2n) is 5.79. The second-order valence-corrected chi connectivity index (χ2v) is 6.64. The summed E-state index contributed by atoms with van der Waals surface area (Å²) in [4.78, 5) is 21.4. The van der Waals surface area contributed by atoms with E-state index in [1.54, 1.807) is 5.51 Å². The molecule has 1 aliphatic heterocycles. The first-order valence-electron chi connectivity index (χ1n) is 7.80. The Morgan fingerprint density at radius 2 is 1.96 bits per heavy atom. The average Bonchev–Trinajstić information content (AvgIpc) is 3.02. The third-order valence-electron chi connectivity index (χ3n) is 4.21. The van der Waals surface area contributed by atoms with Crippen molar-refractivity contribution in [1.29, 1.82) is 0 Å². The van der Waals surface area contributed by atoms with E-state index in [0.29, 0.717) is 19.6 Å². The molecule has 1 atom stereocenters. The number of rotatable bonds is 4. The fraction of sp³-hybridized carbons (Fsp3) is 0.412. The van der Waals surface area contributed by atoms with Crippen LogP contribution < -0.4 is 0 Å². The van der Waals surface area contributed by atoms with E-state index in [9.17, 15) is 9.90 Å². The molecule has 1 amide bonds. The summed E-state index contributed by atoms with van der Waals surface area (Å²) in [7, 11) is 0. The van der Waals surface area contributed by atoms with Crippen LogP contribution in [0.25, 0.3) is 0 Å². The maximum atomic E-state index is 12.5. The molecule has 1 aromatic heterocycles.